The summed E-state index contributed by atoms with van der Waals surface area (Å²) >= 11 is 8.89. The molecule has 0 bridgehead atoms. The van der Waals surface area contributed by atoms with Crippen LogP contribution < -0.4 is 0 Å². The van der Waals surface area contributed by atoms with Crippen molar-refractivity contribution in [3.8, 4) is 0 Å². The van der Waals surface area contributed by atoms with E-state index in [9.17, 15) is 8.42 Å². The molecule has 0 saturated carbocycles. The lowest BCUT2D eigenvalue weighted by molar-refractivity contribution is 0.579. The van der Waals surface area contributed by atoms with Crippen LogP contribution >= 0.6 is 27.5 Å². The van der Waals surface area contributed by atoms with E-state index in [1.54, 1.807) is 13.0 Å². The molecule has 1 heterocycles. The topological polar surface area (TPSA) is 47.0 Å². The summed E-state index contributed by atoms with van der Waals surface area (Å²) < 4.78 is 24.7. The number of halogens is 2. The highest BCUT2D eigenvalue weighted by atomic mass is 79.9. The zero-order valence-corrected chi connectivity index (χ0v) is 12.2. The highest BCUT2D eigenvalue weighted by Crippen LogP contribution is 2.19. The maximum absolute atomic E-state index is 11.9. The molecular formula is C10H13BrClNO2S. The summed E-state index contributed by atoms with van der Waals surface area (Å²) in [5, 5.41) is 0.116. The van der Waals surface area contributed by atoms with Crippen LogP contribution in [0, 0.1) is 12.8 Å². The highest BCUT2D eigenvalue weighted by molar-refractivity contribution is 9.10. The summed E-state index contributed by atoms with van der Waals surface area (Å²) in [5.74, 6) is 0.289. The van der Waals surface area contributed by atoms with Crippen molar-refractivity contribution in [1.29, 1.82) is 0 Å². The molecule has 16 heavy (non-hydrogen) atoms. The molecule has 6 heteroatoms. The Balaban J connectivity index is 3.03. The molecule has 90 valence electrons. The van der Waals surface area contributed by atoms with E-state index in [0.717, 1.165) is 10.0 Å². The number of sulfone groups is 1. The van der Waals surface area contributed by atoms with E-state index < -0.39 is 9.84 Å². The minimum atomic E-state index is -3.33. The van der Waals surface area contributed by atoms with Gasteiger partial charge in [-0.2, -0.15) is 0 Å². The fraction of sp³-hybridized carbons (Fsp3) is 0.500. The van der Waals surface area contributed by atoms with Crippen molar-refractivity contribution in [2.75, 3.05) is 11.6 Å². The highest BCUT2D eigenvalue weighted by Gasteiger charge is 2.19. The standard InChI is InChI=1S/C10H13BrClNO2S/c1-7(4-12)6-16(14,15)10-3-8(2)9(11)5-13-10/h3,5,7H,4,6H2,1-2H3. The second kappa shape index (κ2) is 5.47. The molecule has 1 rings (SSSR count). The summed E-state index contributed by atoms with van der Waals surface area (Å²) in [6.07, 6.45) is 1.51. The van der Waals surface area contributed by atoms with Crippen molar-refractivity contribution >= 4 is 37.4 Å². The van der Waals surface area contributed by atoms with Crippen molar-refractivity contribution in [2.45, 2.75) is 18.9 Å². The van der Waals surface area contributed by atoms with E-state index in [-0.39, 0.29) is 16.7 Å². The molecule has 1 aromatic heterocycles. The van der Waals surface area contributed by atoms with Crippen LogP contribution in [0.25, 0.3) is 0 Å². The van der Waals surface area contributed by atoms with Crippen LogP contribution in [0.2, 0.25) is 0 Å². The summed E-state index contributed by atoms with van der Waals surface area (Å²) in [5.41, 5.74) is 0.854. The van der Waals surface area contributed by atoms with Gasteiger partial charge in [0.15, 0.2) is 14.9 Å². The van der Waals surface area contributed by atoms with Gasteiger partial charge in [-0.1, -0.05) is 6.92 Å². The zero-order chi connectivity index (χ0) is 12.3. The van der Waals surface area contributed by atoms with Gasteiger partial charge in [-0.25, -0.2) is 13.4 Å². The third-order valence-corrected chi connectivity index (χ3v) is 5.33. The first-order chi connectivity index (χ1) is 7.36. The van der Waals surface area contributed by atoms with Gasteiger partial charge < -0.3 is 0 Å². The number of nitrogens with zero attached hydrogens (tertiary/aromatic N) is 1. The Morgan fingerprint density at radius 2 is 2.19 bits per heavy atom. The quantitative estimate of drug-likeness (QED) is 0.799. The second-order valence-corrected chi connectivity index (χ2v) is 6.96. The number of hydrogen-bond acceptors (Lipinski definition) is 3. The Labute approximate surface area is 109 Å². The molecule has 0 N–H and O–H groups in total. The Bertz CT molecular complexity index is 476. The summed E-state index contributed by atoms with van der Waals surface area (Å²) in [7, 11) is -3.33. The Kier molecular flexibility index (Phi) is 4.76. The summed E-state index contributed by atoms with van der Waals surface area (Å²) in [6.45, 7) is 3.63. The molecule has 1 atom stereocenters. The fourth-order valence-electron chi connectivity index (χ4n) is 1.19. The molecule has 0 spiro atoms. The van der Waals surface area contributed by atoms with Gasteiger partial charge in [0.25, 0.3) is 0 Å². The van der Waals surface area contributed by atoms with E-state index in [4.69, 9.17) is 11.6 Å². The molecule has 0 radical (unpaired) electrons. The average Bonchev–Trinajstić information content (AvgIpc) is 2.21. The summed E-state index contributed by atoms with van der Waals surface area (Å²) in [6, 6.07) is 1.57. The molecule has 3 nitrogen and oxygen atoms in total. The van der Waals surface area contributed by atoms with Crippen LogP contribution in [-0.4, -0.2) is 25.0 Å². The molecule has 0 aliphatic carbocycles. The number of rotatable bonds is 4. The molecule has 0 amide bonds. The number of alkyl halides is 1. The lowest BCUT2D eigenvalue weighted by Gasteiger charge is -2.09. The lowest BCUT2D eigenvalue weighted by atomic mass is 10.3. The first-order valence-electron chi connectivity index (χ1n) is 4.77. The SMILES string of the molecule is Cc1cc(S(=O)(=O)CC(C)CCl)ncc1Br. The Morgan fingerprint density at radius 3 is 2.69 bits per heavy atom. The largest absolute Gasteiger partial charge is 0.244 e. The third-order valence-electron chi connectivity index (χ3n) is 2.11. The van der Waals surface area contributed by atoms with Gasteiger partial charge in [0.1, 0.15) is 0 Å². The van der Waals surface area contributed by atoms with Gasteiger partial charge in [-0.15, -0.1) is 11.6 Å². The van der Waals surface area contributed by atoms with Crippen LogP contribution in [0.15, 0.2) is 21.8 Å². The zero-order valence-electron chi connectivity index (χ0n) is 9.07. The third kappa shape index (κ3) is 3.43. The number of aryl methyl sites for hydroxylation is 1. The van der Waals surface area contributed by atoms with Crippen molar-refractivity contribution < 1.29 is 8.42 Å². The minimum absolute atomic E-state index is 0.0323. The maximum Gasteiger partial charge on any atom is 0.195 e. The smallest absolute Gasteiger partial charge is 0.195 e. The van der Waals surface area contributed by atoms with Gasteiger partial charge in [0.2, 0.25) is 0 Å². The van der Waals surface area contributed by atoms with Crippen LogP contribution in [0.4, 0.5) is 0 Å². The molecule has 0 saturated heterocycles. The van der Waals surface area contributed by atoms with Crippen LogP contribution in [-0.2, 0) is 9.84 Å². The molecule has 1 unspecified atom stereocenters. The molecular weight excluding hydrogens is 314 g/mol. The van der Waals surface area contributed by atoms with Crippen molar-refractivity contribution in [3.63, 3.8) is 0 Å². The van der Waals surface area contributed by atoms with Crippen molar-refractivity contribution in [3.05, 3.63) is 22.3 Å². The van der Waals surface area contributed by atoms with Gasteiger partial charge in [-0.05, 0) is 40.4 Å². The van der Waals surface area contributed by atoms with Crippen LogP contribution in [0.5, 0.6) is 0 Å². The lowest BCUT2D eigenvalue weighted by Crippen LogP contribution is -2.16. The Morgan fingerprint density at radius 1 is 1.56 bits per heavy atom. The van der Waals surface area contributed by atoms with Gasteiger partial charge >= 0.3 is 0 Å². The van der Waals surface area contributed by atoms with E-state index in [0.29, 0.717) is 5.88 Å². The average molecular weight is 327 g/mol. The molecule has 0 fully saturated rings. The van der Waals surface area contributed by atoms with Crippen molar-refractivity contribution in [1.82, 2.24) is 4.98 Å². The first kappa shape index (κ1) is 13.9. The predicted octanol–water partition coefficient (Wildman–Crippen LogP) is 2.80. The normalized spacial score (nSPS) is 13.8. The van der Waals surface area contributed by atoms with Gasteiger partial charge in [-0.3, -0.25) is 0 Å². The molecule has 0 aromatic carbocycles. The van der Waals surface area contributed by atoms with Gasteiger partial charge in [0, 0.05) is 16.5 Å². The second-order valence-electron chi connectivity index (χ2n) is 3.81. The molecule has 0 aliphatic rings. The molecule has 0 aliphatic heterocycles. The van der Waals surface area contributed by atoms with E-state index in [1.807, 2.05) is 6.92 Å². The van der Waals surface area contributed by atoms with Crippen molar-refractivity contribution in [2.24, 2.45) is 5.92 Å². The minimum Gasteiger partial charge on any atom is -0.244 e. The fourth-order valence-corrected chi connectivity index (χ4v) is 3.25. The van der Waals surface area contributed by atoms with E-state index in [1.165, 1.54) is 6.20 Å². The number of aromatic nitrogens is 1. The van der Waals surface area contributed by atoms with Crippen LogP contribution in [0.1, 0.15) is 12.5 Å². The predicted molar refractivity (Wildman–Crippen MR) is 68.6 cm³/mol. The van der Waals surface area contributed by atoms with E-state index >= 15 is 0 Å². The maximum atomic E-state index is 11.9. The summed E-state index contributed by atoms with van der Waals surface area (Å²) in [4.78, 5) is 3.92. The number of hydrogen-bond donors (Lipinski definition) is 0. The monoisotopic (exact) mass is 325 g/mol. The van der Waals surface area contributed by atoms with Crippen LogP contribution in [0.3, 0.4) is 0 Å². The van der Waals surface area contributed by atoms with E-state index in [2.05, 4.69) is 20.9 Å². The first-order valence-corrected chi connectivity index (χ1v) is 7.75. The Hall–Kier alpha value is -0.130. The number of pyridine rings is 1. The molecule has 1 aromatic rings. The van der Waals surface area contributed by atoms with Gasteiger partial charge in [0.05, 0.1) is 5.75 Å².